The molecule has 0 saturated carbocycles. The first-order valence-corrected chi connectivity index (χ1v) is 10.7. The summed E-state index contributed by atoms with van der Waals surface area (Å²) >= 11 is 1.22. The summed E-state index contributed by atoms with van der Waals surface area (Å²) in [6.07, 6.45) is 3.37. The highest BCUT2D eigenvalue weighted by Gasteiger charge is 2.14. The van der Waals surface area contributed by atoms with Crippen LogP contribution in [0.15, 0.2) is 70.9 Å². The molecule has 0 radical (unpaired) electrons. The zero-order valence-electron chi connectivity index (χ0n) is 17.1. The number of aryl methyl sites for hydroxylation is 1. The molecule has 2 aromatic heterocycles. The average molecular weight is 436 g/mol. The first kappa shape index (κ1) is 20.7. The molecule has 0 aliphatic carbocycles. The average Bonchev–Trinajstić information content (AvgIpc) is 3.18. The second-order valence-corrected chi connectivity index (χ2v) is 7.73. The van der Waals surface area contributed by atoms with Crippen LogP contribution in [0.1, 0.15) is 12.5 Å². The van der Waals surface area contributed by atoms with Gasteiger partial charge in [-0.1, -0.05) is 23.9 Å². The Labute approximate surface area is 182 Å². The number of hydrogen-bond donors (Lipinski definition) is 1. The summed E-state index contributed by atoms with van der Waals surface area (Å²) < 4.78 is 8.53. The lowest BCUT2D eigenvalue weighted by atomic mass is 10.2. The third-order valence-electron chi connectivity index (χ3n) is 4.50. The fraction of sp³-hybridized carbons (Fsp3) is 0.182. The van der Waals surface area contributed by atoms with Gasteiger partial charge in [0, 0.05) is 23.8 Å². The molecule has 2 aromatic carbocycles. The minimum Gasteiger partial charge on any atom is -0.494 e. The van der Waals surface area contributed by atoms with Crippen molar-refractivity contribution in [1.82, 2.24) is 19.2 Å². The normalized spacial score (nSPS) is 10.9. The van der Waals surface area contributed by atoms with Gasteiger partial charge in [0.15, 0.2) is 5.16 Å². The van der Waals surface area contributed by atoms with Gasteiger partial charge in [-0.15, -0.1) is 10.2 Å². The van der Waals surface area contributed by atoms with E-state index in [0.29, 0.717) is 17.5 Å². The molecule has 9 heteroatoms. The van der Waals surface area contributed by atoms with Gasteiger partial charge in [0.2, 0.25) is 11.6 Å². The van der Waals surface area contributed by atoms with Crippen molar-refractivity contribution in [2.75, 3.05) is 17.7 Å². The molecule has 0 fully saturated rings. The van der Waals surface area contributed by atoms with Gasteiger partial charge in [-0.3, -0.25) is 18.6 Å². The van der Waals surface area contributed by atoms with Crippen LogP contribution in [-0.4, -0.2) is 37.4 Å². The Hall–Kier alpha value is -3.59. The zero-order chi connectivity index (χ0) is 21.8. The molecule has 4 aromatic rings. The highest BCUT2D eigenvalue weighted by atomic mass is 32.2. The summed E-state index contributed by atoms with van der Waals surface area (Å²) in [7, 11) is 0. The summed E-state index contributed by atoms with van der Waals surface area (Å²) in [5.74, 6) is 0.733. The van der Waals surface area contributed by atoms with Crippen molar-refractivity contribution in [2.24, 2.45) is 0 Å². The number of nitrogens with zero attached hydrogens (tertiary/aromatic N) is 4. The smallest absolute Gasteiger partial charge is 0.300 e. The van der Waals surface area contributed by atoms with Crippen LogP contribution in [-0.2, 0) is 4.79 Å². The number of rotatable bonds is 7. The second kappa shape index (κ2) is 9.05. The molecular weight excluding hydrogens is 414 g/mol. The Morgan fingerprint density at radius 3 is 2.68 bits per heavy atom. The third kappa shape index (κ3) is 4.61. The van der Waals surface area contributed by atoms with Crippen molar-refractivity contribution in [3.05, 3.63) is 76.8 Å². The molecule has 0 aliphatic heterocycles. The fourth-order valence-corrected chi connectivity index (χ4v) is 3.80. The predicted octanol–water partition coefficient (Wildman–Crippen LogP) is 3.32. The van der Waals surface area contributed by atoms with E-state index in [0.717, 1.165) is 17.0 Å². The van der Waals surface area contributed by atoms with E-state index in [1.807, 2.05) is 62.4 Å². The second-order valence-electron chi connectivity index (χ2n) is 6.78. The van der Waals surface area contributed by atoms with Crippen molar-refractivity contribution in [1.29, 1.82) is 0 Å². The van der Waals surface area contributed by atoms with Crippen molar-refractivity contribution < 1.29 is 9.53 Å². The summed E-state index contributed by atoms with van der Waals surface area (Å²) in [6, 6.07) is 14.8. The van der Waals surface area contributed by atoms with Gasteiger partial charge < -0.3 is 10.1 Å². The maximum absolute atomic E-state index is 12.9. The lowest BCUT2D eigenvalue weighted by Gasteiger charge is -2.08. The predicted molar refractivity (Wildman–Crippen MR) is 120 cm³/mol. The Morgan fingerprint density at radius 2 is 1.94 bits per heavy atom. The first-order valence-electron chi connectivity index (χ1n) is 9.74. The molecule has 0 atom stereocenters. The molecule has 4 rings (SSSR count). The molecule has 0 spiro atoms. The van der Waals surface area contributed by atoms with E-state index in [1.165, 1.54) is 16.3 Å². The number of anilines is 1. The van der Waals surface area contributed by atoms with E-state index in [1.54, 1.807) is 16.8 Å². The molecule has 0 aliphatic rings. The number of ether oxygens (including phenoxy) is 1. The van der Waals surface area contributed by atoms with Crippen LogP contribution in [0.5, 0.6) is 5.75 Å². The Bertz CT molecular complexity index is 1280. The largest absolute Gasteiger partial charge is 0.494 e. The van der Waals surface area contributed by atoms with E-state index < -0.39 is 0 Å². The van der Waals surface area contributed by atoms with E-state index in [9.17, 15) is 9.59 Å². The zero-order valence-corrected chi connectivity index (χ0v) is 17.9. The van der Waals surface area contributed by atoms with Crippen molar-refractivity contribution in [2.45, 2.75) is 19.0 Å². The minimum absolute atomic E-state index is 0.150. The van der Waals surface area contributed by atoms with Gasteiger partial charge >= 0.3 is 5.56 Å². The molecule has 2 heterocycles. The Balaban J connectivity index is 1.50. The molecule has 158 valence electrons. The number of amides is 1. The molecule has 8 nitrogen and oxygen atoms in total. The number of thioether (sulfide) groups is 1. The Kier molecular flexibility index (Phi) is 6.03. The standard InChI is InChI=1S/C22H21N5O3S/c1-3-30-18-9-7-17(8-10-18)26-11-12-27-20(21(26)29)24-25-22(27)31-14-19(28)23-16-6-4-5-15(2)13-16/h4-13H,3,14H2,1-2H3,(H,23,28). The van der Waals surface area contributed by atoms with E-state index in [4.69, 9.17) is 4.74 Å². The van der Waals surface area contributed by atoms with Gasteiger partial charge in [-0.25, -0.2) is 0 Å². The summed E-state index contributed by atoms with van der Waals surface area (Å²) in [6.45, 7) is 4.46. The van der Waals surface area contributed by atoms with Crippen molar-refractivity contribution >= 4 is 29.0 Å². The fourth-order valence-electron chi connectivity index (χ4n) is 3.09. The number of aromatic nitrogens is 4. The van der Waals surface area contributed by atoms with Crippen LogP contribution in [0.4, 0.5) is 5.69 Å². The van der Waals surface area contributed by atoms with Crippen LogP contribution in [0.25, 0.3) is 11.3 Å². The number of nitrogens with one attached hydrogen (secondary N) is 1. The number of hydrogen-bond acceptors (Lipinski definition) is 6. The minimum atomic E-state index is -0.296. The number of carbonyl (C=O) groups is 1. The molecule has 0 saturated heterocycles. The molecule has 1 amide bonds. The molecule has 31 heavy (non-hydrogen) atoms. The van der Waals surface area contributed by atoms with Gasteiger partial charge in [0.05, 0.1) is 12.4 Å². The number of fused-ring (bicyclic) bond motifs is 1. The molecule has 0 bridgehead atoms. The Morgan fingerprint density at radius 1 is 1.13 bits per heavy atom. The van der Waals surface area contributed by atoms with E-state index in [-0.39, 0.29) is 22.9 Å². The van der Waals surface area contributed by atoms with Gasteiger partial charge in [-0.2, -0.15) is 0 Å². The van der Waals surface area contributed by atoms with E-state index >= 15 is 0 Å². The van der Waals surface area contributed by atoms with E-state index in [2.05, 4.69) is 15.5 Å². The maximum Gasteiger partial charge on any atom is 0.300 e. The highest BCUT2D eigenvalue weighted by molar-refractivity contribution is 7.99. The van der Waals surface area contributed by atoms with Crippen LogP contribution < -0.4 is 15.6 Å². The summed E-state index contributed by atoms with van der Waals surface area (Å²) in [4.78, 5) is 25.2. The number of carbonyl (C=O) groups excluding carboxylic acids is 1. The van der Waals surface area contributed by atoms with Crippen molar-refractivity contribution in [3.8, 4) is 11.4 Å². The molecule has 0 unspecified atom stereocenters. The van der Waals surface area contributed by atoms with Crippen molar-refractivity contribution in [3.63, 3.8) is 0 Å². The van der Waals surface area contributed by atoms with Crippen LogP contribution >= 0.6 is 11.8 Å². The molecule has 1 N–H and O–H groups in total. The molecular formula is C22H21N5O3S. The van der Waals surface area contributed by atoms with Gasteiger partial charge in [0.25, 0.3) is 0 Å². The topological polar surface area (TPSA) is 90.5 Å². The van der Waals surface area contributed by atoms with Gasteiger partial charge in [0.1, 0.15) is 5.75 Å². The van der Waals surface area contributed by atoms with Crippen LogP contribution in [0.3, 0.4) is 0 Å². The van der Waals surface area contributed by atoms with Crippen LogP contribution in [0.2, 0.25) is 0 Å². The highest BCUT2D eigenvalue weighted by Crippen LogP contribution is 2.18. The van der Waals surface area contributed by atoms with Crippen LogP contribution in [0, 0.1) is 6.92 Å². The summed E-state index contributed by atoms with van der Waals surface area (Å²) in [5, 5.41) is 11.4. The first-order chi connectivity index (χ1) is 15.0. The quantitative estimate of drug-likeness (QED) is 0.448. The summed E-state index contributed by atoms with van der Waals surface area (Å²) in [5.41, 5.74) is 2.41. The lowest BCUT2D eigenvalue weighted by Crippen LogP contribution is -2.20. The maximum atomic E-state index is 12.9. The number of benzene rings is 2. The van der Waals surface area contributed by atoms with Gasteiger partial charge in [-0.05, 0) is 55.8 Å². The SMILES string of the molecule is CCOc1ccc(-n2ccn3c(SCC(=O)Nc4cccc(C)c4)nnc3c2=O)cc1. The monoisotopic (exact) mass is 435 g/mol. The third-order valence-corrected chi connectivity index (χ3v) is 5.44. The lowest BCUT2D eigenvalue weighted by molar-refractivity contribution is -0.113.